The molecule has 0 saturated heterocycles. The first kappa shape index (κ1) is 21.1. The summed E-state index contributed by atoms with van der Waals surface area (Å²) in [4.78, 5) is 25.5. The number of allylic oxidation sites excluding steroid dienone is 2. The molecule has 8 nitrogen and oxygen atoms in total. The van der Waals surface area contributed by atoms with Crippen LogP contribution in [0.2, 0.25) is 0 Å². The largest absolute Gasteiger partial charge is 0.462 e. The van der Waals surface area contributed by atoms with Crippen LogP contribution in [0.1, 0.15) is 20.8 Å². The van der Waals surface area contributed by atoms with E-state index in [0.29, 0.717) is 0 Å². The summed E-state index contributed by atoms with van der Waals surface area (Å²) in [6, 6.07) is 0. The molecule has 0 spiro atoms. The van der Waals surface area contributed by atoms with Crippen molar-refractivity contribution in [2.45, 2.75) is 20.8 Å². The lowest BCUT2D eigenvalue weighted by atomic mass is 10.2. The maximum atomic E-state index is 11.8. The lowest BCUT2D eigenvalue weighted by Gasteiger charge is -2.14. The molecule has 0 bridgehead atoms. The van der Waals surface area contributed by atoms with Gasteiger partial charge in [-0.3, -0.25) is 4.55 Å². The molecule has 0 unspecified atom stereocenters. The molecule has 132 valence electrons. The Bertz CT molecular complexity index is 547. The van der Waals surface area contributed by atoms with E-state index in [1.165, 1.54) is 12.2 Å². The Morgan fingerprint density at radius 2 is 1.65 bits per heavy atom. The fourth-order valence-electron chi connectivity index (χ4n) is 1.44. The number of carbonyl (C=O) groups is 2. The molecule has 0 aliphatic heterocycles. The minimum absolute atomic E-state index is 0.0776. The first-order valence-corrected chi connectivity index (χ1v) is 8.77. The van der Waals surface area contributed by atoms with Gasteiger partial charge in [-0.05, 0) is 39.1 Å². The molecule has 0 aliphatic carbocycles. The van der Waals surface area contributed by atoms with Crippen molar-refractivity contribution in [2.75, 3.05) is 32.1 Å². The molecule has 0 fully saturated rings. The van der Waals surface area contributed by atoms with Gasteiger partial charge in [-0.25, -0.2) is 9.59 Å². The second-order valence-electron chi connectivity index (χ2n) is 4.29. The molecule has 0 saturated carbocycles. The Morgan fingerprint density at radius 3 is 2.13 bits per heavy atom. The van der Waals surface area contributed by atoms with E-state index in [9.17, 15) is 18.0 Å². The minimum atomic E-state index is -4.24. The van der Waals surface area contributed by atoms with Crippen molar-refractivity contribution in [3.05, 3.63) is 23.9 Å². The summed E-state index contributed by atoms with van der Waals surface area (Å²) in [5, 5.41) is 0. The summed E-state index contributed by atoms with van der Waals surface area (Å²) in [5.41, 5.74) is -0.356. The Morgan fingerprint density at radius 1 is 1.09 bits per heavy atom. The first-order valence-electron chi connectivity index (χ1n) is 7.17. The number of hydrogen-bond donors (Lipinski definition) is 1. The van der Waals surface area contributed by atoms with Crippen LogP contribution in [0.3, 0.4) is 0 Å². The second-order valence-corrected chi connectivity index (χ2v) is 5.86. The molecular weight excluding hydrogens is 326 g/mol. The van der Waals surface area contributed by atoms with Crippen molar-refractivity contribution in [3.8, 4) is 0 Å². The molecule has 0 amide bonds. The maximum Gasteiger partial charge on any atom is 0.345 e. The van der Waals surface area contributed by atoms with Crippen LogP contribution in [-0.2, 0) is 29.2 Å². The quantitative estimate of drug-likeness (QED) is 0.154. The monoisotopic (exact) mass is 349 g/mol. The van der Waals surface area contributed by atoms with E-state index in [1.54, 1.807) is 13.1 Å². The fraction of sp³-hybridized carbons (Fsp3) is 0.571. The smallest absolute Gasteiger partial charge is 0.345 e. The summed E-state index contributed by atoms with van der Waals surface area (Å²) in [6.07, 6.45) is 4.44. The standard InChI is InChI=1S/C14H23NO7S/c1-4-15(5-2)9-7-8-12(13(16)21-6-3)14(17)22-10-11-23(18,19)20/h7-9H,4-6,10-11H2,1-3H3,(H,18,19,20). The van der Waals surface area contributed by atoms with Gasteiger partial charge in [-0.15, -0.1) is 0 Å². The molecule has 0 aliphatic rings. The number of esters is 2. The SMILES string of the molecule is CCOC(=O)C(=CC=CN(CC)CC)C(=O)OCCS(=O)(=O)O. The highest BCUT2D eigenvalue weighted by Gasteiger charge is 2.21. The van der Waals surface area contributed by atoms with E-state index in [0.717, 1.165) is 13.1 Å². The van der Waals surface area contributed by atoms with Crippen LogP contribution in [0.15, 0.2) is 23.9 Å². The van der Waals surface area contributed by atoms with Gasteiger partial charge < -0.3 is 14.4 Å². The van der Waals surface area contributed by atoms with Gasteiger partial charge in [0.1, 0.15) is 17.9 Å². The molecule has 0 aromatic heterocycles. The topological polar surface area (TPSA) is 110 Å². The van der Waals surface area contributed by atoms with Crippen molar-refractivity contribution in [2.24, 2.45) is 0 Å². The van der Waals surface area contributed by atoms with Gasteiger partial charge in [-0.1, -0.05) is 0 Å². The summed E-state index contributed by atoms with van der Waals surface area (Å²) < 4.78 is 39.1. The van der Waals surface area contributed by atoms with E-state index in [4.69, 9.17) is 9.29 Å². The lowest BCUT2D eigenvalue weighted by Crippen LogP contribution is -2.21. The van der Waals surface area contributed by atoms with E-state index < -0.39 is 34.4 Å². The predicted molar refractivity (Wildman–Crippen MR) is 84.2 cm³/mol. The third-order valence-electron chi connectivity index (χ3n) is 2.66. The normalized spacial score (nSPS) is 12.3. The summed E-state index contributed by atoms with van der Waals surface area (Å²) in [6.45, 7) is 6.52. The second kappa shape index (κ2) is 10.8. The Hall–Kier alpha value is -1.87. The minimum Gasteiger partial charge on any atom is -0.462 e. The Balaban J connectivity index is 4.99. The van der Waals surface area contributed by atoms with Crippen LogP contribution in [0.4, 0.5) is 0 Å². The Labute approximate surface area is 136 Å². The zero-order chi connectivity index (χ0) is 17.9. The Kier molecular flexibility index (Phi) is 9.91. The van der Waals surface area contributed by atoms with Gasteiger partial charge in [-0.2, -0.15) is 8.42 Å². The van der Waals surface area contributed by atoms with Gasteiger partial charge >= 0.3 is 11.9 Å². The molecule has 0 aromatic rings. The highest BCUT2D eigenvalue weighted by molar-refractivity contribution is 7.85. The van der Waals surface area contributed by atoms with Crippen LogP contribution >= 0.6 is 0 Å². The third-order valence-corrected chi connectivity index (χ3v) is 3.34. The zero-order valence-corrected chi connectivity index (χ0v) is 14.3. The molecule has 1 N–H and O–H groups in total. The molecule has 9 heteroatoms. The highest BCUT2D eigenvalue weighted by atomic mass is 32.2. The van der Waals surface area contributed by atoms with Gasteiger partial charge in [0.05, 0.1) is 6.61 Å². The first-order chi connectivity index (χ1) is 10.7. The van der Waals surface area contributed by atoms with Gasteiger partial charge in [0.25, 0.3) is 10.1 Å². The van der Waals surface area contributed by atoms with Crippen molar-refractivity contribution >= 4 is 22.1 Å². The molecule has 23 heavy (non-hydrogen) atoms. The van der Waals surface area contributed by atoms with Gasteiger partial charge in [0.2, 0.25) is 0 Å². The molecule has 0 rings (SSSR count). The molecule has 0 radical (unpaired) electrons. The average molecular weight is 349 g/mol. The molecule has 0 heterocycles. The van der Waals surface area contributed by atoms with Crippen LogP contribution < -0.4 is 0 Å². The number of hydrogen-bond acceptors (Lipinski definition) is 7. The molecule has 0 aromatic carbocycles. The van der Waals surface area contributed by atoms with Crippen LogP contribution in [0, 0.1) is 0 Å². The van der Waals surface area contributed by atoms with Crippen molar-refractivity contribution in [1.82, 2.24) is 4.90 Å². The number of nitrogens with zero attached hydrogens (tertiary/aromatic N) is 1. The van der Waals surface area contributed by atoms with Gasteiger partial charge in [0, 0.05) is 13.1 Å². The zero-order valence-electron chi connectivity index (χ0n) is 13.5. The predicted octanol–water partition coefficient (Wildman–Crippen LogP) is 0.762. The van der Waals surface area contributed by atoms with E-state index >= 15 is 0 Å². The van der Waals surface area contributed by atoms with E-state index in [1.807, 2.05) is 18.7 Å². The average Bonchev–Trinajstić information content (AvgIpc) is 2.46. The van der Waals surface area contributed by atoms with Crippen LogP contribution in [-0.4, -0.2) is 61.9 Å². The number of rotatable bonds is 10. The van der Waals surface area contributed by atoms with Crippen molar-refractivity contribution in [1.29, 1.82) is 0 Å². The van der Waals surface area contributed by atoms with Crippen molar-refractivity contribution < 1.29 is 32.0 Å². The van der Waals surface area contributed by atoms with E-state index in [2.05, 4.69) is 4.74 Å². The van der Waals surface area contributed by atoms with Gasteiger partial charge in [0.15, 0.2) is 0 Å². The molecule has 0 atom stereocenters. The summed E-state index contributed by atoms with van der Waals surface area (Å²) >= 11 is 0. The number of carbonyl (C=O) groups excluding carboxylic acids is 2. The number of ether oxygens (including phenoxy) is 2. The summed E-state index contributed by atoms with van der Waals surface area (Å²) in [5.74, 6) is -2.63. The van der Waals surface area contributed by atoms with Crippen LogP contribution in [0.5, 0.6) is 0 Å². The van der Waals surface area contributed by atoms with Crippen LogP contribution in [0.25, 0.3) is 0 Å². The highest BCUT2D eigenvalue weighted by Crippen LogP contribution is 2.04. The lowest BCUT2D eigenvalue weighted by molar-refractivity contribution is -0.146. The maximum absolute atomic E-state index is 11.8. The summed E-state index contributed by atoms with van der Waals surface area (Å²) in [7, 11) is -4.24. The van der Waals surface area contributed by atoms with Crippen molar-refractivity contribution in [3.63, 3.8) is 0 Å². The molecular formula is C14H23NO7S. The fourth-order valence-corrected chi connectivity index (χ4v) is 1.74. The third kappa shape index (κ3) is 9.69. The van der Waals surface area contributed by atoms with E-state index in [-0.39, 0.29) is 12.2 Å².